The summed E-state index contributed by atoms with van der Waals surface area (Å²) in [7, 11) is 0. The van der Waals surface area contributed by atoms with Gasteiger partial charge in [0.2, 0.25) is 0 Å². The molecule has 1 aromatic heterocycles. The zero-order valence-electron chi connectivity index (χ0n) is 16.5. The topological polar surface area (TPSA) is 98.8 Å². The molecule has 7 nitrogen and oxygen atoms in total. The highest BCUT2D eigenvalue weighted by molar-refractivity contribution is 9.11. The van der Waals surface area contributed by atoms with E-state index in [1.807, 2.05) is 48.5 Å². The summed E-state index contributed by atoms with van der Waals surface area (Å²) in [6, 6.07) is 13.7. The van der Waals surface area contributed by atoms with Crippen LogP contribution in [-0.4, -0.2) is 33.6 Å². The molecule has 0 fully saturated rings. The van der Waals surface area contributed by atoms with E-state index < -0.39 is 0 Å². The Hall–Kier alpha value is -2.94. The normalized spacial score (nSPS) is 17.8. The highest BCUT2D eigenvalue weighted by Gasteiger charge is 2.22. The molecule has 0 saturated heterocycles. The SMILES string of the molecule is C=C/C(Br)=C1/NC(N[C@H](CO)Cc2ccccc2)=CC(=NCc2cccnc2)N1N. The van der Waals surface area contributed by atoms with Crippen molar-refractivity contribution in [2.75, 3.05) is 6.61 Å². The fraction of sp³-hybridized carbons (Fsp3) is 0.182. The van der Waals surface area contributed by atoms with Gasteiger partial charge in [-0.1, -0.05) is 49.1 Å². The average molecular weight is 469 g/mol. The van der Waals surface area contributed by atoms with E-state index in [0.717, 1.165) is 11.1 Å². The lowest BCUT2D eigenvalue weighted by atomic mass is 10.1. The summed E-state index contributed by atoms with van der Waals surface area (Å²) in [6.45, 7) is 4.21. The van der Waals surface area contributed by atoms with Crippen LogP contribution in [0.25, 0.3) is 0 Å². The van der Waals surface area contributed by atoms with Gasteiger partial charge in [-0.15, -0.1) is 0 Å². The highest BCUT2D eigenvalue weighted by atomic mass is 79.9. The maximum absolute atomic E-state index is 9.88. The number of hydrogen-bond donors (Lipinski definition) is 4. The Balaban J connectivity index is 1.84. The quantitative estimate of drug-likeness (QED) is 0.444. The lowest BCUT2D eigenvalue weighted by Crippen LogP contribution is -2.49. The summed E-state index contributed by atoms with van der Waals surface area (Å²) in [5.74, 6) is 8.12. The molecule has 0 amide bonds. The van der Waals surface area contributed by atoms with Crippen LogP contribution in [0.4, 0.5) is 0 Å². The van der Waals surface area contributed by atoms with Crippen molar-refractivity contribution < 1.29 is 5.11 Å². The van der Waals surface area contributed by atoms with Crippen LogP contribution < -0.4 is 16.5 Å². The fourth-order valence-electron chi connectivity index (χ4n) is 2.95. The molecule has 2 aromatic rings. The van der Waals surface area contributed by atoms with Gasteiger partial charge in [-0.3, -0.25) is 9.98 Å². The zero-order chi connectivity index (χ0) is 21.3. The lowest BCUT2D eigenvalue weighted by molar-refractivity contribution is 0.246. The molecule has 30 heavy (non-hydrogen) atoms. The number of aliphatic imine (C=N–C) groups is 1. The summed E-state index contributed by atoms with van der Waals surface area (Å²) < 4.78 is 0.690. The smallest absolute Gasteiger partial charge is 0.147 e. The van der Waals surface area contributed by atoms with Crippen molar-refractivity contribution in [3.8, 4) is 0 Å². The first-order valence-electron chi connectivity index (χ1n) is 9.51. The van der Waals surface area contributed by atoms with E-state index in [9.17, 15) is 5.11 Å². The summed E-state index contributed by atoms with van der Waals surface area (Å²) in [6.07, 6.45) is 7.63. The van der Waals surface area contributed by atoms with Gasteiger partial charge in [0.1, 0.15) is 17.5 Å². The molecule has 0 unspecified atom stereocenters. The van der Waals surface area contributed by atoms with Crippen molar-refractivity contribution in [3.05, 3.63) is 101 Å². The van der Waals surface area contributed by atoms with Gasteiger partial charge in [0, 0.05) is 18.5 Å². The number of hydrazine groups is 1. The maximum atomic E-state index is 9.88. The Morgan fingerprint density at radius 2 is 2.07 bits per heavy atom. The summed E-state index contributed by atoms with van der Waals surface area (Å²) in [5, 5.41) is 17.9. The molecular formula is C22H25BrN6O. The van der Waals surface area contributed by atoms with Gasteiger partial charge in [-0.2, -0.15) is 0 Å². The number of halogens is 1. The number of pyridine rings is 1. The minimum Gasteiger partial charge on any atom is -0.394 e. The molecule has 2 heterocycles. The van der Waals surface area contributed by atoms with E-state index in [1.165, 1.54) is 5.01 Å². The second kappa shape index (κ2) is 10.7. The molecule has 8 heteroatoms. The third-order valence-electron chi connectivity index (χ3n) is 4.47. The van der Waals surface area contributed by atoms with Crippen molar-refractivity contribution in [1.82, 2.24) is 20.6 Å². The first-order chi connectivity index (χ1) is 14.6. The molecule has 0 bridgehead atoms. The fourth-order valence-corrected chi connectivity index (χ4v) is 3.24. The lowest BCUT2D eigenvalue weighted by Gasteiger charge is -2.32. The van der Waals surface area contributed by atoms with Crippen LogP contribution in [0.5, 0.6) is 0 Å². The van der Waals surface area contributed by atoms with E-state index in [1.54, 1.807) is 18.5 Å². The van der Waals surface area contributed by atoms with Crippen LogP contribution in [-0.2, 0) is 13.0 Å². The molecule has 0 radical (unpaired) electrons. The van der Waals surface area contributed by atoms with E-state index >= 15 is 0 Å². The molecule has 3 rings (SSSR count). The summed E-state index contributed by atoms with van der Waals surface area (Å²) >= 11 is 3.47. The van der Waals surface area contributed by atoms with Gasteiger partial charge >= 0.3 is 0 Å². The second-order valence-corrected chi connectivity index (χ2v) is 7.56. The zero-order valence-corrected chi connectivity index (χ0v) is 18.1. The van der Waals surface area contributed by atoms with Crippen molar-refractivity contribution in [2.45, 2.75) is 19.0 Å². The van der Waals surface area contributed by atoms with E-state index in [-0.39, 0.29) is 12.6 Å². The molecule has 156 valence electrons. The molecule has 1 aliphatic heterocycles. The van der Waals surface area contributed by atoms with Crippen LogP contribution in [0.15, 0.2) is 94.7 Å². The number of benzene rings is 1. The van der Waals surface area contributed by atoms with Crippen LogP contribution in [0.1, 0.15) is 11.1 Å². The monoisotopic (exact) mass is 468 g/mol. The van der Waals surface area contributed by atoms with E-state index in [4.69, 9.17) is 5.84 Å². The maximum Gasteiger partial charge on any atom is 0.147 e. The number of aliphatic hydroxyl groups excluding tert-OH is 1. The largest absolute Gasteiger partial charge is 0.394 e. The Kier molecular flexibility index (Phi) is 7.78. The van der Waals surface area contributed by atoms with Gasteiger partial charge in [0.15, 0.2) is 0 Å². The number of allylic oxidation sites excluding steroid dienone is 2. The van der Waals surface area contributed by atoms with Crippen LogP contribution in [0.3, 0.4) is 0 Å². The number of amidine groups is 1. The van der Waals surface area contributed by atoms with E-state index in [2.05, 4.69) is 43.1 Å². The molecule has 0 saturated carbocycles. The molecular weight excluding hydrogens is 444 g/mol. The van der Waals surface area contributed by atoms with Crippen molar-refractivity contribution >= 4 is 21.8 Å². The van der Waals surface area contributed by atoms with Crippen LogP contribution in [0.2, 0.25) is 0 Å². The van der Waals surface area contributed by atoms with Crippen LogP contribution in [0, 0.1) is 0 Å². The van der Waals surface area contributed by atoms with Crippen molar-refractivity contribution in [2.24, 2.45) is 10.8 Å². The minimum absolute atomic E-state index is 0.0237. The Bertz CT molecular complexity index is 943. The number of nitrogens with zero attached hydrogens (tertiary/aromatic N) is 3. The Labute approximate surface area is 184 Å². The second-order valence-electron chi connectivity index (χ2n) is 6.70. The van der Waals surface area contributed by atoms with E-state index in [0.29, 0.717) is 34.9 Å². The van der Waals surface area contributed by atoms with Gasteiger partial charge in [0.05, 0.1) is 23.7 Å². The van der Waals surface area contributed by atoms with Crippen LogP contribution >= 0.6 is 15.9 Å². The number of aromatic nitrogens is 1. The third kappa shape index (κ3) is 5.79. The summed E-state index contributed by atoms with van der Waals surface area (Å²) in [4.78, 5) is 8.76. The molecule has 1 atom stereocenters. The number of hydrogen-bond acceptors (Lipinski definition) is 6. The average Bonchev–Trinajstić information content (AvgIpc) is 2.79. The van der Waals surface area contributed by atoms with Gasteiger partial charge < -0.3 is 15.7 Å². The van der Waals surface area contributed by atoms with Crippen molar-refractivity contribution in [1.29, 1.82) is 0 Å². The number of nitrogens with two attached hydrogens (primary N) is 1. The Morgan fingerprint density at radius 3 is 2.73 bits per heavy atom. The molecule has 1 aromatic carbocycles. The third-order valence-corrected chi connectivity index (χ3v) is 5.17. The predicted molar refractivity (Wildman–Crippen MR) is 123 cm³/mol. The number of nitrogens with one attached hydrogen (secondary N) is 2. The molecule has 0 aliphatic carbocycles. The molecule has 0 spiro atoms. The Morgan fingerprint density at radius 1 is 1.30 bits per heavy atom. The first-order valence-corrected chi connectivity index (χ1v) is 10.3. The van der Waals surface area contributed by atoms with Gasteiger partial charge in [0.25, 0.3) is 0 Å². The number of rotatable bonds is 8. The van der Waals surface area contributed by atoms with Crippen molar-refractivity contribution in [3.63, 3.8) is 0 Å². The molecule has 1 aliphatic rings. The standard InChI is InChI=1S/C22H25BrN6O/c1-2-19(23)22-28-20(27-18(15-30)11-16-7-4-3-5-8-16)12-21(29(22)24)26-14-17-9-6-10-25-13-17/h2-10,12-13,18,27-28,30H,1,11,14-15,24H2/b22-19+,26-21?/t18-/m0/s1. The first kappa shape index (κ1) is 21.8. The van der Waals surface area contributed by atoms with Gasteiger partial charge in [-0.25, -0.2) is 10.9 Å². The highest BCUT2D eigenvalue weighted by Crippen LogP contribution is 2.19. The molecule has 5 N–H and O–H groups in total. The number of aliphatic hydroxyl groups is 1. The summed E-state index contributed by atoms with van der Waals surface area (Å²) in [5.41, 5.74) is 2.11. The minimum atomic E-state index is -0.182. The predicted octanol–water partition coefficient (Wildman–Crippen LogP) is 2.54. The van der Waals surface area contributed by atoms with Gasteiger partial charge in [-0.05, 0) is 39.5 Å².